The highest BCUT2D eigenvalue weighted by Gasteiger charge is 2.42. The first-order valence-electron chi connectivity index (χ1n) is 11.7. The van der Waals surface area contributed by atoms with Gasteiger partial charge in [0.05, 0.1) is 5.60 Å². The molecule has 0 radical (unpaired) electrons. The van der Waals surface area contributed by atoms with Gasteiger partial charge in [0.25, 0.3) is 0 Å². The van der Waals surface area contributed by atoms with Gasteiger partial charge < -0.3 is 19.9 Å². The zero-order valence-corrected chi connectivity index (χ0v) is 18.8. The molecule has 1 heterocycles. The van der Waals surface area contributed by atoms with Crippen LogP contribution in [-0.2, 0) is 4.74 Å². The molecule has 2 bridgehead atoms. The summed E-state index contributed by atoms with van der Waals surface area (Å²) in [5.41, 5.74) is 4.24. The number of nitrogens with one attached hydrogen (secondary N) is 1. The number of hydrogen-bond donors (Lipinski definition) is 2. The molecule has 4 aliphatic rings. The van der Waals surface area contributed by atoms with E-state index in [1.54, 1.807) is 12.1 Å². The number of rotatable bonds is 8. The van der Waals surface area contributed by atoms with Crippen molar-refractivity contribution in [3.8, 4) is 17.0 Å². The lowest BCUT2D eigenvalue weighted by Gasteiger charge is -2.44. The molecule has 7 nitrogen and oxygen atoms in total. The third kappa shape index (κ3) is 3.88. The SMILES string of the molecule is CCOCOc1cc(C=O)ccc1-c1nnc(NC2CC(C)(O)C2)c2c1C1CCC2CC1. The third-order valence-corrected chi connectivity index (χ3v) is 7.21. The summed E-state index contributed by atoms with van der Waals surface area (Å²) < 4.78 is 11.3. The molecule has 32 heavy (non-hydrogen) atoms. The Hall–Kier alpha value is -2.51. The van der Waals surface area contributed by atoms with E-state index in [9.17, 15) is 9.90 Å². The van der Waals surface area contributed by atoms with Crippen molar-refractivity contribution in [2.45, 2.75) is 75.9 Å². The minimum atomic E-state index is -0.586. The van der Waals surface area contributed by atoms with Crippen LogP contribution >= 0.6 is 0 Å². The lowest BCUT2D eigenvalue weighted by molar-refractivity contribution is -0.0235. The summed E-state index contributed by atoms with van der Waals surface area (Å²) in [4.78, 5) is 11.4. The molecule has 170 valence electrons. The van der Waals surface area contributed by atoms with E-state index in [1.165, 1.54) is 24.0 Å². The molecule has 0 amide bonds. The van der Waals surface area contributed by atoms with Crippen molar-refractivity contribution >= 4 is 12.1 Å². The Morgan fingerprint density at radius 2 is 1.88 bits per heavy atom. The number of fused-ring (bicyclic) bond motifs is 2. The highest BCUT2D eigenvalue weighted by atomic mass is 16.7. The molecule has 0 spiro atoms. The fraction of sp³-hybridized carbons (Fsp3) is 0.560. The predicted octanol–water partition coefficient (Wildman–Crippen LogP) is 4.41. The van der Waals surface area contributed by atoms with Crippen molar-refractivity contribution in [1.82, 2.24) is 10.2 Å². The highest BCUT2D eigenvalue weighted by molar-refractivity contribution is 5.81. The van der Waals surface area contributed by atoms with Crippen LogP contribution in [0.4, 0.5) is 5.82 Å². The largest absolute Gasteiger partial charge is 0.467 e. The Balaban J connectivity index is 1.56. The summed E-state index contributed by atoms with van der Waals surface area (Å²) in [6.45, 7) is 4.47. The van der Waals surface area contributed by atoms with Crippen LogP contribution in [0, 0.1) is 0 Å². The minimum absolute atomic E-state index is 0.120. The first-order chi connectivity index (χ1) is 15.5. The van der Waals surface area contributed by atoms with Gasteiger partial charge in [0, 0.05) is 29.3 Å². The molecule has 4 aliphatic carbocycles. The number of carbonyl (C=O) groups is 1. The summed E-state index contributed by atoms with van der Waals surface area (Å²) in [6, 6.07) is 5.69. The van der Waals surface area contributed by atoms with Crippen molar-refractivity contribution in [3.63, 3.8) is 0 Å². The molecule has 7 heteroatoms. The van der Waals surface area contributed by atoms with Crippen LogP contribution in [-0.4, -0.2) is 46.6 Å². The Labute approximate surface area is 188 Å². The highest BCUT2D eigenvalue weighted by Crippen LogP contribution is 2.54. The van der Waals surface area contributed by atoms with E-state index in [-0.39, 0.29) is 12.8 Å². The zero-order valence-electron chi connectivity index (χ0n) is 18.8. The Morgan fingerprint density at radius 3 is 2.53 bits per heavy atom. The zero-order chi connectivity index (χ0) is 22.3. The maximum atomic E-state index is 11.4. The summed E-state index contributed by atoms with van der Waals surface area (Å²) in [5.74, 6) is 2.40. The van der Waals surface area contributed by atoms with Gasteiger partial charge in [-0.1, -0.05) is 6.07 Å². The summed E-state index contributed by atoms with van der Waals surface area (Å²) in [7, 11) is 0. The number of aliphatic hydroxyl groups is 1. The van der Waals surface area contributed by atoms with E-state index >= 15 is 0 Å². The summed E-state index contributed by atoms with van der Waals surface area (Å²) in [5, 5.41) is 23.0. The smallest absolute Gasteiger partial charge is 0.189 e. The number of ether oxygens (including phenoxy) is 2. The van der Waals surface area contributed by atoms with Gasteiger partial charge in [0.1, 0.15) is 17.7 Å². The van der Waals surface area contributed by atoms with E-state index in [0.717, 1.165) is 49.0 Å². The van der Waals surface area contributed by atoms with Crippen LogP contribution in [0.5, 0.6) is 5.75 Å². The Morgan fingerprint density at radius 1 is 1.16 bits per heavy atom. The van der Waals surface area contributed by atoms with Crippen molar-refractivity contribution in [2.24, 2.45) is 0 Å². The Bertz CT molecular complexity index is 1010. The molecule has 1 aromatic heterocycles. The van der Waals surface area contributed by atoms with E-state index in [2.05, 4.69) is 15.5 Å². The first kappa shape index (κ1) is 21.3. The average Bonchev–Trinajstić information content (AvgIpc) is 2.79. The quantitative estimate of drug-likeness (QED) is 0.359. The molecule has 2 aromatic rings. The van der Waals surface area contributed by atoms with Crippen molar-refractivity contribution in [1.29, 1.82) is 0 Å². The molecule has 2 saturated carbocycles. The number of hydrogen-bond acceptors (Lipinski definition) is 7. The first-order valence-corrected chi connectivity index (χ1v) is 11.7. The van der Waals surface area contributed by atoms with Crippen LogP contribution in [0.15, 0.2) is 18.2 Å². The van der Waals surface area contributed by atoms with Gasteiger partial charge in [0.2, 0.25) is 0 Å². The molecule has 0 aliphatic heterocycles. The summed E-state index contributed by atoms with van der Waals surface area (Å²) in [6.07, 6.45) is 6.95. The lowest BCUT2D eigenvalue weighted by atomic mass is 9.66. The van der Waals surface area contributed by atoms with E-state index in [1.807, 2.05) is 19.9 Å². The van der Waals surface area contributed by atoms with Gasteiger partial charge in [-0.3, -0.25) is 4.79 Å². The normalized spacial score (nSPS) is 28.0. The van der Waals surface area contributed by atoms with Crippen LogP contribution in [0.2, 0.25) is 0 Å². The number of benzene rings is 1. The lowest BCUT2D eigenvalue weighted by Crippen LogP contribution is -2.48. The maximum Gasteiger partial charge on any atom is 0.189 e. The van der Waals surface area contributed by atoms with Gasteiger partial charge in [-0.25, -0.2) is 0 Å². The average molecular weight is 438 g/mol. The fourth-order valence-corrected chi connectivity index (χ4v) is 5.68. The van der Waals surface area contributed by atoms with Crippen LogP contribution in [0.25, 0.3) is 11.3 Å². The van der Waals surface area contributed by atoms with E-state index in [0.29, 0.717) is 29.8 Å². The topological polar surface area (TPSA) is 93.6 Å². The van der Waals surface area contributed by atoms with Gasteiger partial charge in [0.15, 0.2) is 12.6 Å². The monoisotopic (exact) mass is 437 g/mol. The standard InChI is InChI=1S/C25H31N3O4/c1-3-31-14-32-20-10-15(13-29)4-9-19(20)23-21-16-5-7-17(8-6-16)22(21)24(28-27-23)26-18-11-25(2,30)12-18/h4,9-10,13,16-18,30H,3,5-8,11-12,14H2,1-2H3,(H,26,28). The number of aromatic nitrogens is 2. The predicted molar refractivity (Wildman–Crippen MR) is 121 cm³/mol. The second-order valence-corrected chi connectivity index (χ2v) is 9.65. The maximum absolute atomic E-state index is 11.4. The van der Waals surface area contributed by atoms with Crippen molar-refractivity contribution in [3.05, 3.63) is 34.9 Å². The van der Waals surface area contributed by atoms with Gasteiger partial charge in [-0.05, 0) is 81.9 Å². The minimum Gasteiger partial charge on any atom is -0.467 e. The van der Waals surface area contributed by atoms with Gasteiger partial charge in [-0.2, -0.15) is 0 Å². The van der Waals surface area contributed by atoms with Crippen LogP contribution in [0.3, 0.4) is 0 Å². The van der Waals surface area contributed by atoms with E-state index in [4.69, 9.17) is 9.47 Å². The van der Waals surface area contributed by atoms with E-state index < -0.39 is 5.60 Å². The number of carbonyl (C=O) groups excluding carboxylic acids is 1. The van der Waals surface area contributed by atoms with Crippen LogP contribution in [0.1, 0.15) is 85.7 Å². The summed E-state index contributed by atoms with van der Waals surface area (Å²) >= 11 is 0. The molecule has 2 N–H and O–H groups in total. The number of anilines is 1. The van der Waals surface area contributed by atoms with Crippen LogP contribution < -0.4 is 10.1 Å². The Kier molecular flexibility index (Phi) is 5.63. The number of aldehydes is 1. The van der Waals surface area contributed by atoms with Crippen molar-refractivity contribution < 1.29 is 19.4 Å². The van der Waals surface area contributed by atoms with Crippen molar-refractivity contribution in [2.75, 3.05) is 18.7 Å². The second-order valence-electron chi connectivity index (χ2n) is 9.65. The van der Waals surface area contributed by atoms with Gasteiger partial charge in [-0.15, -0.1) is 10.2 Å². The molecule has 6 rings (SSSR count). The number of nitrogens with zero attached hydrogens (tertiary/aromatic N) is 2. The van der Waals surface area contributed by atoms with Gasteiger partial charge >= 0.3 is 0 Å². The fourth-order valence-electron chi connectivity index (χ4n) is 5.68. The molecule has 0 atom stereocenters. The molecular formula is C25H31N3O4. The molecular weight excluding hydrogens is 406 g/mol. The molecule has 1 aromatic carbocycles. The molecule has 0 unspecified atom stereocenters. The molecule has 2 fully saturated rings. The second kappa shape index (κ2) is 8.45. The third-order valence-electron chi connectivity index (χ3n) is 7.21. The molecule has 0 saturated heterocycles.